The molecule has 3 aromatic rings. The van der Waals surface area contributed by atoms with Gasteiger partial charge < -0.3 is 4.74 Å². The van der Waals surface area contributed by atoms with Crippen molar-refractivity contribution in [2.24, 2.45) is 7.05 Å². The molecule has 0 saturated carbocycles. The molecule has 6 nitrogen and oxygen atoms in total. The molecule has 25 heavy (non-hydrogen) atoms. The zero-order valence-corrected chi connectivity index (χ0v) is 15.1. The van der Waals surface area contributed by atoms with E-state index in [1.165, 1.54) is 4.68 Å². The van der Waals surface area contributed by atoms with Crippen molar-refractivity contribution in [1.29, 1.82) is 0 Å². The number of benzene rings is 2. The van der Waals surface area contributed by atoms with Crippen LogP contribution < -0.4 is 10.9 Å². The van der Waals surface area contributed by atoms with Gasteiger partial charge in [0, 0.05) is 12.7 Å². The highest BCUT2D eigenvalue weighted by molar-refractivity contribution is 9.10. The lowest BCUT2D eigenvalue weighted by atomic mass is 10.3. The van der Waals surface area contributed by atoms with Crippen LogP contribution in [0.5, 0.6) is 0 Å². The molecule has 0 saturated heterocycles. The quantitative estimate of drug-likeness (QED) is 0.724. The predicted molar refractivity (Wildman–Crippen MR) is 99.0 cm³/mol. The summed E-state index contributed by atoms with van der Waals surface area (Å²) in [6.07, 6.45) is -0.585. The molecule has 0 spiro atoms. The summed E-state index contributed by atoms with van der Waals surface area (Å²) in [5.74, 6) is 0. The van der Waals surface area contributed by atoms with E-state index in [0.29, 0.717) is 15.9 Å². The van der Waals surface area contributed by atoms with E-state index in [2.05, 4.69) is 21.2 Å². The van der Waals surface area contributed by atoms with Crippen LogP contribution in [0.2, 0.25) is 0 Å². The molecule has 0 unspecified atom stereocenters. The normalized spacial score (nSPS) is 10.5. The summed E-state index contributed by atoms with van der Waals surface area (Å²) in [6.45, 7) is -0.0369. The first-order valence-electron chi connectivity index (χ1n) is 7.58. The smallest absolute Gasteiger partial charge is 0.412 e. The number of anilines is 1. The van der Waals surface area contributed by atoms with Gasteiger partial charge >= 0.3 is 6.09 Å². The summed E-state index contributed by atoms with van der Waals surface area (Å²) in [7, 11) is 1.74. The molecule has 0 aliphatic heterocycles. The van der Waals surface area contributed by atoms with Gasteiger partial charge in [-0.15, -0.1) is 0 Å². The van der Waals surface area contributed by atoms with Crippen LogP contribution in [0.3, 0.4) is 0 Å². The molecule has 3 rings (SSSR count). The molecule has 7 heteroatoms. The Morgan fingerprint density at radius 2 is 1.68 bits per heavy atom. The molecule has 1 N–H and O–H groups in total. The maximum Gasteiger partial charge on any atom is 0.412 e. The van der Waals surface area contributed by atoms with Gasteiger partial charge in [0.05, 0.1) is 11.4 Å². The number of aromatic nitrogens is 2. The summed E-state index contributed by atoms with van der Waals surface area (Å²) in [5, 5.41) is 2.63. The fraction of sp³-hybridized carbons (Fsp3) is 0.111. The number of carbonyl (C=O) groups excluding carboxylic acids is 1. The number of nitrogens with one attached hydrogen (secondary N) is 1. The first-order chi connectivity index (χ1) is 12.1. The number of hydrogen-bond donors (Lipinski definition) is 1. The Hall–Kier alpha value is -2.80. The Labute approximate surface area is 152 Å². The van der Waals surface area contributed by atoms with Gasteiger partial charge in [0.1, 0.15) is 11.1 Å². The summed E-state index contributed by atoms with van der Waals surface area (Å²) in [4.78, 5) is 24.4. The Kier molecular flexibility index (Phi) is 5.04. The first-order valence-corrected chi connectivity index (χ1v) is 8.38. The standard InChI is InChI=1S/C18H16BrN3O3/c1-21-15(12-25-18(24)20-13-8-4-2-5-9-13)16(19)17(23)22(21)14-10-6-3-7-11-14/h2-11H,12H2,1H3,(H,20,24). The first kappa shape index (κ1) is 17.0. The van der Waals surface area contributed by atoms with Gasteiger partial charge in [0.15, 0.2) is 0 Å². The van der Waals surface area contributed by atoms with E-state index < -0.39 is 6.09 Å². The van der Waals surface area contributed by atoms with Crippen molar-refractivity contribution in [2.45, 2.75) is 6.61 Å². The minimum atomic E-state index is -0.585. The van der Waals surface area contributed by atoms with E-state index >= 15 is 0 Å². The van der Waals surface area contributed by atoms with Crippen LogP contribution in [-0.2, 0) is 18.4 Å². The fourth-order valence-electron chi connectivity index (χ4n) is 2.44. The molecule has 1 aromatic heterocycles. The second-order valence-corrected chi connectivity index (χ2v) is 6.10. The van der Waals surface area contributed by atoms with Crippen molar-refractivity contribution in [3.8, 4) is 5.69 Å². The van der Waals surface area contributed by atoms with Gasteiger partial charge in [-0.25, -0.2) is 9.48 Å². The van der Waals surface area contributed by atoms with Crippen LogP contribution in [0.15, 0.2) is 69.9 Å². The summed E-state index contributed by atoms with van der Waals surface area (Å²) < 4.78 is 8.79. The third kappa shape index (κ3) is 3.66. The molecule has 0 fully saturated rings. The zero-order chi connectivity index (χ0) is 17.8. The van der Waals surface area contributed by atoms with Crippen LogP contribution in [0.1, 0.15) is 5.69 Å². The van der Waals surface area contributed by atoms with Crippen molar-refractivity contribution in [3.63, 3.8) is 0 Å². The molecular formula is C18H16BrN3O3. The number of hydrogen-bond acceptors (Lipinski definition) is 3. The lowest BCUT2D eigenvalue weighted by Crippen LogP contribution is -2.20. The van der Waals surface area contributed by atoms with Gasteiger partial charge in [-0.05, 0) is 40.2 Å². The molecule has 2 aromatic carbocycles. The third-order valence-electron chi connectivity index (χ3n) is 3.69. The number of halogens is 1. The van der Waals surface area contributed by atoms with Crippen LogP contribution >= 0.6 is 15.9 Å². The topological polar surface area (TPSA) is 65.3 Å². The van der Waals surface area contributed by atoms with E-state index in [-0.39, 0.29) is 12.2 Å². The fourth-order valence-corrected chi connectivity index (χ4v) is 2.98. The SMILES string of the molecule is Cn1c(COC(=O)Nc2ccccc2)c(Br)c(=O)n1-c1ccccc1. The summed E-state index contributed by atoms with van der Waals surface area (Å²) in [5.41, 5.74) is 1.73. The van der Waals surface area contributed by atoms with Crippen molar-refractivity contribution < 1.29 is 9.53 Å². The van der Waals surface area contributed by atoms with E-state index in [0.717, 1.165) is 5.69 Å². The molecule has 1 heterocycles. The van der Waals surface area contributed by atoms with Crippen molar-refractivity contribution in [2.75, 3.05) is 5.32 Å². The van der Waals surface area contributed by atoms with Gasteiger partial charge in [-0.1, -0.05) is 36.4 Å². The molecule has 0 aliphatic carbocycles. The Balaban J connectivity index is 1.77. The van der Waals surface area contributed by atoms with Gasteiger partial charge in [-0.2, -0.15) is 0 Å². The molecule has 1 amide bonds. The highest BCUT2D eigenvalue weighted by atomic mass is 79.9. The molecule has 0 atom stereocenters. The second-order valence-electron chi connectivity index (χ2n) is 5.30. The van der Waals surface area contributed by atoms with Gasteiger partial charge in [0.25, 0.3) is 5.56 Å². The summed E-state index contributed by atoms with van der Waals surface area (Å²) in [6, 6.07) is 18.3. The predicted octanol–water partition coefficient (Wildman–Crippen LogP) is 3.69. The highest BCUT2D eigenvalue weighted by Crippen LogP contribution is 2.17. The minimum Gasteiger partial charge on any atom is -0.443 e. The van der Waals surface area contributed by atoms with E-state index in [1.807, 2.05) is 48.5 Å². The monoisotopic (exact) mass is 401 g/mol. The Morgan fingerprint density at radius 3 is 2.32 bits per heavy atom. The van der Waals surface area contributed by atoms with E-state index in [9.17, 15) is 9.59 Å². The number of para-hydroxylation sites is 2. The zero-order valence-electron chi connectivity index (χ0n) is 13.5. The Bertz CT molecular complexity index is 933. The van der Waals surface area contributed by atoms with Crippen LogP contribution in [0.4, 0.5) is 10.5 Å². The average Bonchev–Trinajstić information content (AvgIpc) is 2.84. The van der Waals surface area contributed by atoms with Crippen molar-refractivity contribution in [3.05, 3.63) is 81.2 Å². The van der Waals surface area contributed by atoms with Crippen LogP contribution in [-0.4, -0.2) is 15.5 Å². The molecule has 0 aliphatic rings. The van der Waals surface area contributed by atoms with Crippen molar-refractivity contribution in [1.82, 2.24) is 9.36 Å². The molecule has 0 bridgehead atoms. The van der Waals surface area contributed by atoms with Gasteiger partial charge in [0.2, 0.25) is 0 Å². The van der Waals surface area contributed by atoms with Crippen molar-refractivity contribution >= 4 is 27.7 Å². The highest BCUT2D eigenvalue weighted by Gasteiger charge is 2.18. The molecular weight excluding hydrogens is 386 g/mol. The van der Waals surface area contributed by atoms with Crippen LogP contribution in [0, 0.1) is 0 Å². The maximum atomic E-state index is 12.5. The number of carbonyl (C=O) groups is 1. The molecule has 128 valence electrons. The number of amides is 1. The minimum absolute atomic E-state index is 0.0369. The number of nitrogens with zero attached hydrogens (tertiary/aromatic N) is 2. The number of ether oxygens (including phenoxy) is 1. The lowest BCUT2D eigenvalue weighted by molar-refractivity contribution is 0.151. The van der Waals surface area contributed by atoms with E-state index in [4.69, 9.17) is 4.74 Å². The second kappa shape index (κ2) is 7.40. The van der Waals surface area contributed by atoms with Crippen LogP contribution in [0.25, 0.3) is 5.69 Å². The Morgan fingerprint density at radius 1 is 1.08 bits per heavy atom. The average molecular weight is 402 g/mol. The maximum absolute atomic E-state index is 12.5. The van der Waals surface area contributed by atoms with E-state index in [1.54, 1.807) is 23.9 Å². The third-order valence-corrected chi connectivity index (χ3v) is 4.48. The summed E-state index contributed by atoms with van der Waals surface area (Å²) >= 11 is 3.30. The molecule has 0 radical (unpaired) electrons. The lowest BCUT2D eigenvalue weighted by Gasteiger charge is -2.11. The largest absolute Gasteiger partial charge is 0.443 e. The number of rotatable bonds is 4. The van der Waals surface area contributed by atoms with Gasteiger partial charge in [-0.3, -0.25) is 14.8 Å².